The summed E-state index contributed by atoms with van der Waals surface area (Å²) in [6, 6.07) is 2.64. The zero-order chi connectivity index (χ0) is 12.3. The molecule has 0 aliphatic carbocycles. The molecule has 1 aliphatic heterocycles. The predicted octanol–water partition coefficient (Wildman–Crippen LogP) is 1.79. The molecule has 1 fully saturated rings. The van der Waals surface area contributed by atoms with Gasteiger partial charge in [-0.05, 0) is 55.6 Å². The van der Waals surface area contributed by atoms with Crippen LogP contribution in [0.3, 0.4) is 0 Å². The molecule has 2 N–H and O–H groups in total. The molecule has 1 amide bonds. The molecule has 3 atom stereocenters. The van der Waals surface area contributed by atoms with E-state index in [1.807, 2.05) is 0 Å². The maximum Gasteiger partial charge on any atom is 0.224 e. The van der Waals surface area contributed by atoms with Gasteiger partial charge in [0.05, 0.1) is 5.92 Å². The first-order valence-corrected chi connectivity index (χ1v) is 7.16. The maximum atomic E-state index is 12.0. The highest BCUT2D eigenvalue weighted by atomic mass is 32.1. The van der Waals surface area contributed by atoms with Crippen LogP contribution < -0.4 is 10.6 Å². The largest absolute Gasteiger partial charge is 0.353 e. The van der Waals surface area contributed by atoms with Crippen LogP contribution in [0.15, 0.2) is 16.8 Å². The monoisotopic (exact) mass is 252 g/mol. The number of amides is 1. The molecule has 4 heteroatoms. The number of carbonyl (C=O) groups is 1. The second-order valence-electron chi connectivity index (χ2n) is 4.88. The second kappa shape index (κ2) is 5.65. The van der Waals surface area contributed by atoms with E-state index in [-0.39, 0.29) is 17.9 Å². The van der Waals surface area contributed by atoms with E-state index in [0.717, 1.165) is 19.4 Å². The number of hydrogen-bond acceptors (Lipinski definition) is 3. The second-order valence-corrected chi connectivity index (χ2v) is 5.66. The Morgan fingerprint density at radius 1 is 1.71 bits per heavy atom. The summed E-state index contributed by atoms with van der Waals surface area (Å²) in [5.74, 6) is 0.338. The summed E-state index contributed by atoms with van der Waals surface area (Å²) in [7, 11) is 0. The average Bonchev–Trinajstić information content (AvgIpc) is 2.88. The van der Waals surface area contributed by atoms with Crippen molar-refractivity contribution < 1.29 is 4.79 Å². The number of rotatable bonds is 4. The van der Waals surface area contributed by atoms with Gasteiger partial charge in [-0.1, -0.05) is 0 Å². The Labute approximate surface area is 107 Å². The van der Waals surface area contributed by atoms with Crippen molar-refractivity contribution in [1.82, 2.24) is 10.6 Å². The minimum absolute atomic E-state index is 0.139. The Morgan fingerprint density at radius 3 is 3.12 bits per heavy atom. The molecule has 0 saturated carbocycles. The van der Waals surface area contributed by atoms with Crippen molar-refractivity contribution in [3.8, 4) is 0 Å². The fraction of sp³-hybridized carbons (Fsp3) is 0.615. The molecule has 3 unspecified atom stereocenters. The summed E-state index contributed by atoms with van der Waals surface area (Å²) in [6.45, 7) is 5.11. The molecule has 1 saturated heterocycles. The van der Waals surface area contributed by atoms with Gasteiger partial charge in [0.2, 0.25) is 5.91 Å². The first-order chi connectivity index (χ1) is 8.16. The SMILES string of the molecule is CC(Cc1ccsc1)NC(=O)C1CCNC1C. The van der Waals surface area contributed by atoms with Crippen LogP contribution in [0.1, 0.15) is 25.8 Å². The summed E-state index contributed by atoms with van der Waals surface area (Å²) >= 11 is 1.70. The molecule has 17 heavy (non-hydrogen) atoms. The van der Waals surface area contributed by atoms with Crippen molar-refractivity contribution in [1.29, 1.82) is 0 Å². The summed E-state index contributed by atoms with van der Waals surface area (Å²) < 4.78 is 0. The molecule has 0 spiro atoms. The molecule has 2 heterocycles. The van der Waals surface area contributed by atoms with Crippen molar-refractivity contribution in [2.45, 2.75) is 38.8 Å². The molecule has 0 bridgehead atoms. The summed E-state index contributed by atoms with van der Waals surface area (Å²) in [5, 5.41) is 10.6. The smallest absolute Gasteiger partial charge is 0.224 e. The van der Waals surface area contributed by atoms with Gasteiger partial charge < -0.3 is 10.6 Å². The molecule has 2 rings (SSSR count). The number of carbonyl (C=O) groups excluding carboxylic acids is 1. The summed E-state index contributed by atoms with van der Waals surface area (Å²) in [6.07, 6.45) is 1.88. The van der Waals surface area contributed by atoms with Crippen LogP contribution in [0.4, 0.5) is 0 Å². The first-order valence-electron chi connectivity index (χ1n) is 6.21. The number of thiophene rings is 1. The van der Waals surface area contributed by atoms with E-state index in [4.69, 9.17) is 0 Å². The van der Waals surface area contributed by atoms with Crippen LogP contribution in [0, 0.1) is 5.92 Å². The minimum Gasteiger partial charge on any atom is -0.353 e. The van der Waals surface area contributed by atoms with Gasteiger partial charge in [0.15, 0.2) is 0 Å². The molecule has 0 radical (unpaired) electrons. The number of nitrogens with one attached hydrogen (secondary N) is 2. The third-order valence-electron chi connectivity index (χ3n) is 3.37. The molecule has 3 nitrogen and oxygen atoms in total. The van der Waals surface area contributed by atoms with Crippen LogP contribution in [-0.2, 0) is 11.2 Å². The molecule has 1 aromatic rings. The molecular weight excluding hydrogens is 232 g/mol. The van der Waals surface area contributed by atoms with Crippen molar-refractivity contribution >= 4 is 17.2 Å². The van der Waals surface area contributed by atoms with E-state index in [1.54, 1.807) is 11.3 Å². The summed E-state index contributed by atoms with van der Waals surface area (Å²) in [5.41, 5.74) is 1.31. The lowest BCUT2D eigenvalue weighted by molar-refractivity contribution is -0.125. The molecule has 0 aromatic carbocycles. The Balaban J connectivity index is 1.82. The van der Waals surface area contributed by atoms with Gasteiger partial charge >= 0.3 is 0 Å². The van der Waals surface area contributed by atoms with E-state index in [1.165, 1.54) is 5.56 Å². The van der Waals surface area contributed by atoms with E-state index in [9.17, 15) is 4.79 Å². The quantitative estimate of drug-likeness (QED) is 0.858. The zero-order valence-corrected chi connectivity index (χ0v) is 11.2. The van der Waals surface area contributed by atoms with Gasteiger partial charge in [-0.3, -0.25) is 4.79 Å². The Hall–Kier alpha value is -0.870. The normalized spacial score (nSPS) is 25.8. The lowest BCUT2D eigenvalue weighted by Crippen LogP contribution is -2.41. The fourth-order valence-electron chi connectivity index (χ4n) is 2.38. The van der Waals surface area contributed by atoms with Crippen molar-refractivity contribution in [3.63, 3.8) is 0 Å². The Bertz CT molecular complexity index is 364. The average molecular weight is 252 g/mol. The standard InChI is InChI=1S/C13H20N2OS/c1-9(7-11-4-6-17-8-11)15-13(16)12-3-5-14-10(12)2/h4,6,8-10,12,14H,3,5,7H2,1-2H3,(H,15,16). The van der Waals surface area contributed by atoms with Crippen molar-refractivity contribution in [2.75, 3.05) is 6.54 Å². The van der Waals surface area contributed by atoms with Gasteiger partial charge in [-0.25, -0.2) is 0 Å². The minimum atomic E-state index is 0.139. The Kier molecular flexibility index (Phi) is 4.18. The fourth-order valence-corrected chi connectivity index (χ4v) is 3.06. The van der Waals surface area contributed by atoms with Crippen LogP contribution in [0.5, 0.6) is 0 Å². The van der Waals surface area contributed by atoms with Gasteiger partial charge in [-0.15, -0.1) is 0 Å². The van der Waals surface area contributed by atoms with Crippen LogP contribution in [0.25, 0.3) is 0 Å². The maximum absolute atomic E-state index is 12.0. The zero-order valence-electron chi connectivity index (χ0n) is 10.4. The van der Waals surface area contributed by atoms with E-state index in [2.05, 4.69) is 41.3 Å². The Morgan fingerprint density at radius 2 is 2.53 bits per heavy atom. The van der Waals surface area contributed by atoms with Gasteiger partial charge in [0.25, 0.3) is 0 Å². The van der Waals surface area contributed by atoms with E-state index < -0.39 is 0 Å². The molecule has 1 aromatic heterocycles. The third-order valence-corrected chi connectivity index (χ3v) is 4.10. The van der Waals surface area contributed by atoms with Crippen LogP contribution in [0.2, 0.25) is 0 Å². The van der Waals surface area contributed by atoms with Gasteiger partial charge in [-0.2, -0.15) is 11.3 Å². The van der Waals surface area contributed by atoms with Gasteiger partial charge in [0, 0.05) is 12.1 Å². The highest BCUT2D eigenvalue weighted by Gasteiger charge is 2.29. The van der Waals surface area contributed by atoms with Crippen molar-refractivity contribution in [3.05, 3.63) is 22.4 Å². The van der Waals surface area contributed by atoms with Gasteiger partial charge in [0.1, 0.15) is 0 Å². The van der Waals surface area contributed by atoms with E-state index >= 15 is 0 Å². The van der Waals surface area contributed by atoms with E-state index in [0.29, 0.717) is 6.04 Å². The first kappa shape index (κ1) is 12.6. The number of hydrogen-bond donors (Lipinski definition) is 2. The highest BCUT2D eigenvalue weighted by Crippen LogP contribution is 2.16. The molecule has 94 valence electrons. The molecular formula is C13H20N2OS. The molecule has 1 aliphatic rings. The highest BCUT2D eigenvalue weighted by molar-refractivity contribution is 7.07. The summed E-state index contributed by atoms with van der Waals surface area (Å²) in [4.78, 5) is 12.0. The topological polar surface area (TPSA) is 41.1 Å². The van der Waals surface area contributed by atoms with Crippen molar-refractivity contribution in [2.24, 2.45) is 5.92 Å². The van der Waals surface area contributed by atoms with Crippen LogP contribution >= 0.6 is 11.3 Å². The lowest BCUT2D eigenvalue weighted by Gasteiger charge is -2.19. The lowest BCUT2D eigenvalue weighted by atomic mass is 10.0. The van der Waals surface area contributed by atoms with Crippen LogP contribution in [-0.4, -0.2) is 24.5 Å². The predicted molar refractivity (Wildman–Crippen MR) is 71.2 cm³/mol. The third kappa shape index (κ3) is 3.30.